The van der Waals surface area contributed by atoms with Crippen LogP contribution in [0.25, 0.3) is 10.1 Å². The van der Waals surface area contributed by atoms with Crippen molar-refractivity contribution in [2.24, 2.45) is 0 Å². The average Bonchev–Trinajstić information content (AvgIpc) is 3.39. The van der Waals surface area contributed by atoms with Gasteiger partial charge in [0, 0.05) is 23.8 Å². The Kier molecular flexibility index (Phi) is 10.5. The van der Waals surface area contributed by atoms with Gasteiger partial charge in [-0.1, -0.05) is 43.5 Å². The highest BCUT2D eigenvalue weighted by Gasteiger charge is 2.23. The van der Waals surface area contributed by atoms with E-state index in [0.29, 0.717) is 37.0 Å². The number of hydrogen-bond acceptors (Lipinski definition) is 8. The van der Waals surface area contributed by atoms with Gasteiger partial charge in [0.1, 0.15) is 11.8 Å². The second kappa shape index (κ2) is 14.2. The number of rotatable bonds is 13. The second-order valence-corrected chi connectivity index (χ2v) is 10.8. The molecule has 3 aromatic rings. The lowest BCUT2D eigenvalue weighted by molar-refractivity contribution is -0.143. The van der Waals surface area contributed by atoms with Gasteiger partial charge in [0.05, 0.1) is 18.6 Å². The highest BCUT2D eigenvalue weighted by atomic mass is 32.1. The number of amides is 1. The van der Waals surface area contributed by atoms with Crippen molar-refractivity contribution in [3.8, 4) is 5.75 Å². The Morgan fingerprint density at radius 1 is 1.03 bits per heavy atom. The first-order valence-electron chi connectivity index (χ1n) is 13.3. The summed E-state index contributed by atoms with van der Waals surface area (Å²) in [5, 5.41) is 16.8. The third-order valence-corrected chi connectivity index (χ3v) is 8.02. The van der Waals surface area contributed by atoms with Gasteiger partial charge in [-0.25, -0.2) is 5.48 Å². The summed E-state index contributed by atoms with van der Waals surface area (Å²) in [5.74, 6) is 0.131. The van der Waals surface area contributed by atoms with Gasteiger partial charge in [-0.05, 0) is 66.5 Å². The Balaban J connectivity index is 1.18. The standard InChI is InChI=1S/C29H37N3O5S/c1-36-29(34)25(31-23-6-3-2-4-7-23)8-5-15-37-24-13-10-20(11-14-24)18-30-19-21-9-12-22-17-27(28(33)32-35)38-26(22)16-21/h9-14,16-17,23,25,30-31,35H,2-8,15,18-19H2,1H3,(H,32,33)/t25-/m0/s1. The van der Waals surface area contributed by atoms with Crippen LogP contribution in [-0.2, 0) is 22.6 Å². The second-order valence-electron chi connectivity index (χ2n) is 9.74. The lowest BCUT2D eigenvalue weighted by atomic mass is 9.94. The molecule has 1 fully saturated rings. The summed E-state index contributed by atoms with van der Waals surface area (Å²) in [6.45, 7) is 1.96. The first-order chi connectivity index (χ1) is 18.6. The largest absolute Gasteiger partial charge is 0.494 e. The van der Waals surface area contributed by atoms with Crippen LogP contribution in [0.2, 0.25) is 0 Å². The highest BCUT2D eigenvalue weighted by Crippen LogP contribution is 2.27. The fraction of sp³-hybridized carbons (Fsp3) is 0.448. The molecule has 1 heterocycles. The number of esters is 1. The van der Waals surface area contributed by atoms with E-state index in [9.17, 15) is 9.59 Å². The van der Waals surface area contributed by atoms with Crippen molar-refractivity contribution in [2.75, 3.05) is 13.7 Å². The summed E-state index contributed by atoms with van der Waals surface area (Å²) in [7, 11) is 1.45. The van der Waals surface area contributed by atoms with Gasteiger partial charge < -0.3 is 20.1 Å². The van der Waals surface area contributed by atoms with E-state index >= 15 is 0 Å². The smallest absolute Gasteiger partial charge is 0.322 e. The number of fused-ring (bicyclic) bond motifs is 1. The van der Waals surface area contributed by atoms with Crippen molar-refractivity contribution < 1.29 is 24.3 Å². The zero-order valence-corrected chi connectivity index (χ0v) is 22.6. The van der Waals surface area contributed by atoms with Crippen molar-refractivity contribution >= 4 is 33.3 Å². The Labute approximate surface area is 227 Å². The van der Waals surface area contributed by atoms with Gasteiger partial charge >= 0.3 is 5.97 Å². The van der Waals surface area contributed by atoms with Crippen LogP contribution in [0.15, 0.2) is 48.5 Å². The number of carbonyl (C=O) groups is 2. The molecule has 9 heteroatoms. The number of thiophene rings is 1. The van der Waals surface area contributed by atoms with Crippen molar-refractivity contribution in [2.45, 2.75) is 70.1 Å². The summed E-state index contributed by atoms with van der Waals surface area (Å²) < 4.78 is 11.9. The van der Waals surface area contributed by atoms with Gasteiger partial charge in [0.2, 0.25) is 0 Å². The van der Waals surface area contributed by atoms with E-state index in [4.69, 9.17) is 14.7 Å². The summed E-state index contributed by atoms with van der Waals surface area (Å²) in [6, 6.07) is 16.0. The molecule has 1 aliphatic rings. The molecule has 38 heavy (non-hydrogen) atoms. The molecular weight excluding hydrogens is 502 g/mol. The average molecular weight is 540 g/mol. The predicted octanol–water partition coefficient (Wildman–Crippen LogP) is 4.93. The van der Waals surface area contributed by atoms with Gasteiger partial charge in [-0.2, -0.15) is 0 Å². The maximum Gasteiger partial charge on any atom is 0.322 e. The lowest BCUT2D eigenvalue weighted by Crippen LogP contribution is -2.44. The Morgan fingerprint density at radius 2 is 1.76 bits per heavy atom. The van der Waals surface area contributed by atoms with Crippen molar-refractivity contribution in [1.82, 2.24) is 16.1 Å². The summed E-state index contributed by atoms with van der Waals surface area (Å²) in [4.78, 5) is 24.3. The molecule has 204 valence electrons. The normalized spacial score (nSPS) is 14.8. The zero-order chi connectivity index (χ0) is 26.7. The van der Waals surface area contributed by atoms with E-state index in [-0.39, 0.29) is 12.0 Å². The van der Waals surface area contributed by atoms with Crippen molar-refractivity contribution in [1.29, 1.82) is 0 Å². The van der Waals surface area contributed by atoms with Gasteiger partial charge in [-0.15, -0.1) is 11.3 Å². The van der Waals surface area contributed by atoms with Crippen LogP contribution in [0, 0.1) is 0 Å². The highest BCUT2D eigenvalue weighted by molar-refractivity contribution is 7.20. The lowest BCUT2D eigenvalue weighted by Gasteiger charge is -2.27. The molecule has 1 aromatic heterocycles. The Morgan fingerprint density at radius 3 is 2.50 bits per heavy atom. The Bertz CT molecular complexity index is 1190. The molecular formula is C29H37N3O5S. The molecule has 0 spiro atoms. The maximum absolute atomic E-state index is 12.2. The molecule has 0 saturated heterocycles. The fourth-order valence-electron chi connectivity index (χ4n) is 4.85. The van der Waals surface area contributed by atoms with Crippen LogP contribution in [0.5, 0.6) is 5.75 Å². The molecule has 4 rings (SSSR count). The van der Waals surface area contributed by atoms with E-state index in [1.165, 1.54) is 37.7 Å². The van der Waals surface area contributed by atoms with E-state index in [1.54, 1.807) is 11.5 Å². The molecule has 1 saturated carbocycles. The number of nitrogens with one attached hydrogen (secondary N) is 3. The van der Waals surface area contributed by atoms with Gasteiger partial charge in [0.15, 0.2) is 0 Å². The van der Waals surface area contributed by atoms with Gasteiger partial charge in [0.25, 0.3) is 5.91 Å². The number of hydrogen-bond donors (Lipinski definition) is 4. The van der Waals surface area contributed by atoms with Crippen LogP contribution in [0.3, 0.4) is 0 Å². The molecule has 4 N–H and O–H groups in total. The minimum Gasteiger partial charge on any atom is -0.494 e. The number of carbonyl (C=O) groups excluding carboxylic acids is 2. The molecule has 0 radical (unpaired) electrons. The number of methoxy groups -OCH3 is 1. The molecule has 8 nitrogen and oxygen atoms in total. The molecule has 0 unspecified atom stereocenters. The monoisotopic (exact) mass is 539 g/mol. The summed E-state index contributed by atoms with van der Waals surface area (Å²) >= 11 is 1.35. The first-order valence-corrected chi connectivity index (χ1v) is 14.1. The van der Waals surface area contributed by atoms with Crippen LogP contribution in [-0.4, -0.2) is 42.9 Å². The number of benzene rings is 2. The summed E-state index contributed by atoms with van der Waals surface area (Å²) in [5.41, 5.74) is 3.96. The van der Waals surface area contributed by atoms with E-state index in [1.807, 2.05) is 36.4 Å². The number of hydroxylamine groups is 1. The molecule has 1 amide bonds. The van der Waals surface area contributed by atoms with Crippen LogP contribution < -0.4 is 20.9 Å². The minimum atomic E-state index is -0.490. The molecule has 0 aliphatic heterocycles. The maximum atomic E-state index is 12.2. The van der Waals surface area contributed by atoms with Crippen molar-refractivity contribution in [3.63, 3.8) is 0 Å². The minimum absolute atomic E-state index is 0.193. The topological polar surface area (TPSA) is 109 Å². The predicted molar refractivity (Wildman–Crippen MR) is 149 cm³/mol. The van der Waals surface area contributed by atoms with Gasteiger partial charge in [-0.3, -0.25) is 14.8 Å². The van der Waals surface area contributed by atoms with E-state index < -0.39 is 5.91 Å². The molecule has 2 aromatic carbocycles. The van der Waals surface area contributed by atoms with Crippen molar-refractivity contribution in [3.05, 3.63) is 64.5 Å². The molecule has 1 aliphatic carbocycles. The first kappa shape index (κ1) is 28.0. The molecule has 1 atom stereocenters. The zero-order valence-electron chi connectivity index (χ0n) is 21.8. The third-order valence-electron chi connectivity index (χ3n) is 6.93. The Hall–Kier alpha value is -2.98. The van der Waals surface area contributed by atoms with E-state index in [2.05, 4.69) is 16.7 Å². The molecule has 0 bridgehead atoms. The van der Waals surface area contributed by atoms with Crippen LogP contribution in [0.4, 0.5) is 0 Å². The SMILES string of the molecule is COC(=O)[C@H](CCCOc1ccc(CNCc2ccc3cc(C(=O)NO)sc3c2)cc1)NC1CCCCC1. The van der Waals surface area contributed by atoms with Crippen LogP contribution in [0.1, 0.15) is 65.7 Å². The van der Waals surface area contributed by atoms with E-state index in [0.717, 1.165) is 46.2 Å². The quantitative estimate of drug-likeness (QED) is 0.106. The van der Waals surface area contributed by atoms with Crippen LogP contribution >= 0.6 is 11.3 Å². The summed E-state index contributed by atoms with van der Waals surface area (Å²) in [6.07, 6.45) is 7.44. The number of ether oxygens (including phenoxy) is 2. The third kappa shape index (κ3) is 8.01. The fourth-order valence-corrected chi connectivity index (χ4v) is 5.87.